The summed E-state index contributed by atoms with van der Waals surface area (Å²) in [4.78, 5) is 34.0. The summed E-state index contributed by atoms with van der Waals surface area (Å²) in [5, 5.41) is 3.98. The molecule has 0 bridgehead atoms. The van der Waals surface area contributed by atoms with Crippen molar-refractivity contribution in [2.75, 3.05) is 30.4 Å². The van der Waals surface area contributed by atoms with Crippen molar-refractivity contribution in [1.82, 2.24) is 9.88 Å². The van der Waals surface area contributed by atoms with Crippen molar-refractivity contribution < 1.29 is 9.59 Å². The molecule has 0 saturated carbocycles. The summed E-state index contributed by atoms with van der Waals surface area (Å²) in [7, 11) is 1.77. The second kappa shape index (κ2) is 10.9. The number of piperidine rings is 1. The van der Waals surface area contributed by atoms with Gasteiger partial charge in [0, 0.05) is 50.6 Å². The number of nitrogens with one attached hydrogen (secondary N) is 1. The molecule has 2 atom stereocenters. The van der Waals surface area contributed by atoms with Gasteiger partial charge in [-0.3, -0.25) is 9.59 Å². The van der Waals surface area contributed by atoms with E-state index in [-0.39, 0.29) is 24.7 Å². The number of fused-ring (bicyclic) bond motifs is 1. The molecule has 1 N–H and O–H groups in total. The van der Waals surface area contributed by atoms with Crippen molar-refractivity contribution in [1.29, 1.82) is 0 Å². The Morgan fingerprint density at radius 1 is 1.03 bits per heavy atom. The van der Waals surface area contributed by atoms with E-state index in [0.717, 1.165) is 46.6 Å². The van der Waals surface area contributed by atoms with Crippen LogP contribution in [0, 0.1) is 18.8 Å². The lowest BCUT2D eigenvalue weighted by Crippen LogP contribution is -2.39. The average Bonchev–Trinajstić information content (AvgIpc) is 2.82. The van der Waals surface area contributed by atoms with E-state index >= 15 is 0 Å². The normalized spacial score (nSPS) is 17.9. The van der Waals surface area contributed by atoms with Crippen molar-refractivity contribution in [3.05, 3.63) is 65.7 Å². The Labute approximate surface area is 208 Å². The Bertz CT molecular complexity index is 1180. The van der Waals surface area contributed by atoms with Crippen molar-refractivity contribution in [3.63, 3.8) is 0 Å². The van der Waals surface area contributed by atoms with Gasteiger partial charge < -0.3 is 15.1 Å². The molecule has 184 valence electrons. The number of carbonyl (C=O) groups is 2. The fraction of sp³-hybridized carbons (Fsp3) is 0.414. The minimum atomic E-state index is -0.163. The maximum Gasteiger partial charge on any atom is 0.224 e. The van der Waals surface area contributed by atoms with Gasteiger partial charge in [-0.05, 0) is 60.6 Å². The van der Waals surface area contributed by atoms with Gasteiger partial charge in [0.25, 0.3) is 0 Å². The lowest BCUT2D eigenvalue weighted by molar-refractivity contribution is -0.132. The molecule has 1 aromatic heterocycles. The Morgan fingerprint density at radius 3 is 2.46 bits per heavy atom. The highest BCUT2D eigenvalue weighted by atomic mass is 16.2. The van der Waals surface area contributed by atoms with E-state index < -0.39 is 0 Å². The molecule has 6 heteroatoms. The van der Waals surface area contributed by atoms with E-state index in [4.69, 9.17) is 4.98 Å². The molecule has 2 heterocycles. The molecular weight excluding hydrogens is 436 g/mol. The molecule has 1 aliphatic heterocycles. The summed E-state index contributed by atoms with van der Waals surface area (Å²) < 4.78 is 0. The van der Waals surface area contributed by atoms with Gasteiger partial charge in [0.1, 0.15) is 5.82 Å². The highest BCUT2D eigenvalue weighted by Crippen LogP contribution is 2.29. The van der Waals surface area contributed by atoms with Crippen LogP contribution in [0.25, 0.3) is 10.9 Å². The van der Waals surface area contributed by atoms with Crippen LogP contribution in [0.2, 0.25) is 0 Å². The van der Waals surface area contributed by atoms with Gasteiger partial charge in [-0.2, -0.15) is 0 Å². The van der Waals surface area contributed by atoms with E-state index in [1.54, 1.807) is 11.9 Å². The zero-order valence-corrected chi connectivity index (χ0v) is 21.3. The number of benzene rings is 2. The van der Waals surface area contributed by atoms with Crippen LogP contribution in [0.15, 0.2) is 54.6 Å². The molecule has 0 unspecified atom stereocenters. The van der Waals surface area contributed by atoms with Gasteiger partial charge >= 0.3 is 0 Å². The number of amides is 2. The molecule has 1 aliphatic rings. The minimum absolute atomic E-state index is 0.0450. The van der Waals surface area contributed by atoms with Crippen LogP contribution in [-0.4, -0.2) is 41.8 Å². The predicted molar refractivity (Wildman–Crippen MR) is 142 cm³/mol. The number of hydrogen-bond donors (Lipinski definition) is 1. The first kappa shape index (κ1) is 24.7. The Hall–Kier alpha value is -3.41. The van der Waals surface area contributed by atoms with Crippen molar-refractivity contribution in [2.45, 2.75) is 46.6 Å². The lowest BCUT2D eigenvalue weighted by Gasteiger charge is -2.36. The summed E-state index contributed by atoms with van der Waals surface area (Å²) >= 11 is 0. The van der Waals surface area contributed by atoms with E-state index in [9.17, 15) is 9.59 Å². The number of hydrogen-bond acceptors (Lipinski definition) is 4. The second-order valence-corrected chi connectivity index (χ2v) is 10.2. The largest absolute Gasteiger partial charge is 0.356 e. The van der Waals surface area contributed by atoms with Gasteiger partial charge in [0.15, 0.2) is 0 Å². The quantitative estimate of drug-likeness (QED) is 0.500. The standard InChI is InChI=1S/C29H36N4O2/c1-20-14-21(2)18-33(17-20)27-15-22(3)25-16-24(10-11-26(25)31-27)30-28(34)12-13-29(35)32(4)19-23-8-6-5-7-9-23/h5-11,15-16,20-21H,12-14,17-19H2,1-4H3,(H,30,34)/t20-,21-/m0/s1. The number of anilines is 2. The third-order valence-corrected chi connectivity index (χ3v) is 6.73. The SMILES string of the molecule is Cc1cc(N2C[C@@H](C)C[C@H](C)C2)nc2ccc(NC(=O)CCC(=O)N(C)Cc3ccccc3)cc12. The smallest absolute Gasteiger partial charge is 0.224 e. The van der Waals surface area contributed by atoms with Crippen molar-refractivity contribution >= 4 is 34.2 Å². The molecule has 2 amide bonds. The summed E-state index contributed by atoms with van der Waals surface area (Å²) in [6.07, 6.45) is 1.60. The molecule has 3 aromatic rings. The molecule has 35 heavy (non-hydrogen) atoms. The Kier molecular flexibility index (Phi) is 7.69. The summed E-state index contributed by atoms with van der Waals surface area (Å²) in [5.74, 6) is 2.15. The molecular formula is C29H36N4O2. The number of carbonyl (C=O) groups excluding carboxylic acids is 2. The fourth-order valence-electron chi connectivity index (χ4n) is 5.05. The average molecular weight is 473 g/mol. The third kappa shape index (κ3) is 6.38. The highest BCUT2D eigenvalue weighted by Gasteiger charge is 2.23. The number of aryl methyl sites for hydroxylation is 1. The van der Waals surface area contributed by atoms with Gasteiger partial charge in [-0.1, -0.05) is 44.2 Å². The first-order valence-electron chi connectivity index (χ1n) is 12.5. The van der Waals surface area contributed by atoms with Crippen LogP contribution in [-0.2, 0) is 16.1 Å². The van der Waals surface area contributed by atoms with Crippen LogP contribution in [0.5, 0.6) is 0 Å². The van der Waals surface area contributed by atoms with Crippen LogP contribution in [0.3, 0.4) is 0 Å². The Balaban J connectivity index is 1.36. The summed E-state index contributed by atoms with van der Waals surface area (Å²) in [6, 6.07) is 17.8. The van der Waals surface area contributed by atoms with Gasteiger partial charge in [-0.15, -0.1) is 0 Å². The highest BCUT2D eigenvalue weighted by molar-refractivity contribution is 5.96. The van der Waals surface area contributed by atoms with E-state index in [2.05, 4.69) is 37.1 Å². The summed E-state index contributed by atoms with van der Waals surface area (Å²) in [5.41, 5.74) is 3.87. The third-order valence-electron chi connectivity index (χ3n) is 6.73. The Morgan fingerprint density at radius 2 is 1.74 bits per heavy atom. The molecule has 0 spiro atoms. The number of aromatic nitrogens is 1. The fourth-order valence-corrected chi connectivity index (χ4v) is 5.05. The number of nitrogens with zero attached hydrogens (tertiary/aromatic N) is 3. The molecule has 2 aromatic carbocycles. The van der Waals surface area contributed by atoms with E-state index in [0.29, 0.717) is 18.4 Å². The van der Waals surface area contributed by atoms with E-state index in [1.165, 1.54) is 6.42 Å². The molecule has 4 rings (SSSR count). The van der Waals surface area contributed by atoms with Gasteiger partial charge in [0.2, 0.25) is 11.8 Å². The monoisotopic (exact) mass is 472 g/mol. The lowest BCUT2D eigenvalue weighted by atomic mass is 9.92. The molecule has 0 radical (unpaired) electrons. The first-order valence-corrected chi connectivity index (χ1v) is 12.5. The first-order chi connectivity index (χ1) is 16.8. The second-order valence-electron chi connectivity index (χ2n) is 10.2. The van der Waals surface area contributed by atoms with Gasteiger partial charge in [0.05, 0.1) is 5.52 Å². The number of pyridine rings is 1. The molecule has 6 nitrogen and oxygen atoms in total. The zero-order chi connectivity index (χ0) is 24.9. The minimum Gasteiger partial charge on any atom is -0.356 e. The van der Waals surface area contributed by atoms with Crippen LogP contribution >= 0.6 is 0 Å². The van der Waals surface area contributed by atoms with Crippen molar-refractivity contribution in [2.24, 2.45) is 11.8 Å². The molecule has 0 aliphatic carbocycles. The maximum atomic E-state index is 12.5. The van der Waals surface area contributed by atoms with Gasteiger partial charge in [-0.25, -0.2) is 4.98 Å². The maximum absolute atomic E-state index is 12.5. The van der Waals surface area contributed by atoms with Crippen LogP contribution in [0.4, 0.5) is 11.5 Å². The topological polar surface area (TPSA) is 65.5 Å². The molecule has 1 fully saturated rings. The van der Waals surface area contributed by atoms with Crippen LogP contribution in [0.1, 0.15) is 44.2 Å². The van der Waals surface area contributed by atoms with E-state index in [1.807, 2.05) is 48.5 Å². The number of rotatable bonds is 7. The summed E-state index contributed by atoms with van der Waals surface area (Å²) in [6.45, 7) is 9.32. The van der Waals surface area contributed by atoms with Crippen molar-refractivity contribution in [3.8, 4) is 0 Å². The predicted octanol–water partition coefficient (Wildman–Crippen LogP) is 5.40. The zero-order valence-electron chi connectivity index (χ0n) is 21.3. The van der Waals surface area contributed by atoms with Crippen LogP contribution < -0.4 is 10.2 Å². The molecule has 1 saturated heterocycles.